The van der Waals surface area contributed by atoms with Crippen LogP contribution >= 0.6 is 0 Å². The lowest BCUT2D eigenvalue weighted by Gasteiger charge is -2.38. The summed E-state index contributed by atoms with van der Waals surface area (Å²) in [5.74, 6) is 0. The number of para-hydroxylation sites is 1. The topological polar surface area (TPSA) is 104 Å². The van der Waals surface area contributed by atoms with Crippen molar-refractivity contribution in [2.45, 2.75) is 24.2 Å². The van der Waals surface area contributed by atoms with E-state index in [0.29, 0.717) is 0 Å². The third kappa shape index (κ3) is 3.65. The van der Waals surface area contributed by atoms with Gasteiger partial charge in [0.15, 0.2) is 4.90 Å². The quantitative estimate of drug-likeness (QED) is 0.582. The highest BCUT2D eigenvalue weighted by molar-refractivity contribution is 7.89. The molecule has 10 heteroatoms. The number of nitro groups is 1. The summed E-state index contributed by atoms with van der Waals surface area (Å²) in [6.45, 7) is 2.33. The van der Waals surface area contributed by atoms with Gasteiger partial charge in [-0.1, -0.05) is 12.1 Å². The number of hydrogen-bond acceptors (Lipinski definition) is 5. The van der Waals surface area contributed by atoms with Crippen LogP contribution in [0.25, 0.3) is 0 Å². The second kappa shape index (κ2) is 7.58. The van der Waals surface area contributed by atoms with Crippen molar-refractivity contribution >= 4 is 21.7 Å². The Bertz CT molecular complexity index is 784. The number of nitro benzene ring substituents is 1. The summed E-state index contributed by atoms with van der Waals surface area (Å²) in [7, 11) is -3.97. The van der Waals surface area contributed by atoms with Crippen molar-refractivity contribution in [1.29, 1.82) is 0 Å². The molecule has 0 aromatic heterocycles. The number of rotatable bonds is 3. The van der Waals surface area contributed by atoms with Gasteiger partial charge in [0.05, 0.1) is 4.92 Å². The standard InChI is InChI=1S/C16H22N4O5S/c21-16(17-8-4-1-5-9-17)18-10-12-19(13-11-18)26(24,25)15-7-3-2-6-14(15)20(22)23/h2-3,6-7H,1,4-5,8-13H2. The van der Waals surface area contributed by atoms with Crippen molar-refractivity contribution in [2.24, 2.45) is 0 Å². The molecular weight excluding hydrogens is 360 g/mol. The van der Waals surface area contributed by atoms with Crippen molar-refractivity contribution in [3.63, 3.8) is 0 Å². The van der Waals surface area contributed by atoms with Gasteiger partial charge >= 0.3 is 6.03 Å². The molecule has 142 valence electrons. The van der Waals surface area contributed by atoms with E-state index in [-0.39, 0.29) is 37.1 Å². The van der Waals surface area contributed by atoms with E-state index >= 15 is 0 Å². The van der Waals surface area contributed by atoms with E-state index in [1.54, 1.807) is 4.90 Å². The monoisotopic (exact) mass is 382 g/mol. The number of piperazine rings is 1. The Morgan fingerprint density at radius 1 is 0.923 bits per heavy atom. The molecular formula is C16H22N4O5S. The van der Waals surface area contributed by atoms with Crippen LogP contribution in [0.1, 0.15) is 19.3 Å². The van der Waals surface area contributed by atoms with E-state index in [4.69, 9.17) is 0 Å². The highest BCUT2D eigenvalue weighted by Crippen LogP contribution is 2.27. The van der Waals surface area contributed by atoms with Crippen LogP contribution in [0.3, 0.4) is 0 Å². The molecule has 2 amide bonds. The van der Waals surface area contributed by atoms with Crippen LogP contribution < -0.4 is 0 Å². The molecule has 2 saturated heterocycles. The van der Waals surface area contributed by atoms with Gasteiger partial charge in [-0.25, -0.2) is 13.2 Å². The highest BCUT2D eigenvalue weighted by atomic mass is 32.2. The van der Waals surface area contributed by atoms with Crippen molar-refractivity contribution in [2.75, 3.05) is 39.3 Å². The molecule has 9 nitrogen and oxygen atoms in total. The molecule has 2 fully saturated rings. The van der Waals surface area contributed by atoms with Crippen molar-refractivity contribution in [3.8, 4) is 0 Å². The smallest absolute Gasteiger partial charge is 0.320 e. The number of likely N-dealkylation sites (tertiary alicyclic amines) is 1. The van der Waals surface area contributed by atoms with Gasteiger partial charge < -0.3 is 9.80 Å². The maximum atomic E-state index is 12.8. The molecule has 0 saturated carbocycles. The zero-order chi connectivity index (χ0) is 18.7. The van der Waals surface area contributed by atoms with Gasteiger partial charge in [0.2, 0.25) is 10.0 Å². The van der Waals surface area contributed by atoms with Crippen LogP contribution in [0.2, 0.25) is 0 Å². The van der Waals surface area contributed by atoms with E-state index < -0.39 is 20.6 Å². The predicted molar refractivity (Wildman–Crippen MR) is 94.2 cm³/mol. The lowest BCUT2D eigenvalue weighted by molar-refractivity contribution is -0.387. The summed E-state index contributed by atoms with van der Waals surface area (Å²) in [4.78, 5) is 26.1. The summed E-state index contributed by atoms with van der Waals surface area (Å²) in [5.41, 5.74) is -0.431. The first-order chi connectivity index (χ1) is 12.4. The van der Waals surface area contributed by atoms with E-state index in [2.05, 4.69) is 0 Å². The Balaban J connectivity index is 1.69. The van der Waals surface area contributed by atoms with Crippen molar-refractivity contribution in [3.05, 3.63) is 34.4 Å². The zero-order valence-corrected chi connectivity index (χ0v) is 15.2. The van der Waals surface area contributed by atoms with Crippen LogP contribution in [0, 0.1) is 10.1 Å². The van der Waals surface area contributed by atoms with Gasteiger partial charge in [0, 0.05) is 45.3 Å². The average molecular weight is 382 g/mol. The summed E-state index contributed by atoms with van der Waals surface area (Å²) in [6, 6.07) is 5.29. The van der Waals surface area contributed by atoms with E-state index in [9.17, 15) is 23.3 Å². The molecule has 0 radical (unpaired) electrons. The lowest BCUT2D eigenvalue weighted by Crippen LogP contribution is -2.54. The first-order valence-corrected chi connectivity index (χ1v) is 10.1. The van der Waals surface area contributed by atoms with Crippen LogP contribution in [-0.4, -0.2) is 72.7 Å². The van der Waals surface area contributed by atoms with Crippen LogP contribution in [0.4, 0.5) is 10.5 Å². The van der Waals surface area contributed by atoms with Crippen molar-refractivity contribution < 1.29 is 18.1 Å². The normalized spacial score (nSPS) is 19.4. The molecule has 0 bridgehead atoms. The Morgan fingerprint density at radius 2 is 1.50 bits per heavy atom. The maximum absolute atomic E-state index is 12.8. The number of carbonyl (C=O) groups excluding carboxylic acids is 1. The summed E-state index contributed by atoms with van der Waals surface area (Å²) < 4.78 is 26.8. The Labute approximate surface area is 152 Å². The molecule has 3 rings (SSSR count). The predicted octanol–water partition coefficient (Wildman–Crippen LogP) is 1.51. The third-order valence-corrected chi connectivity index (χ3v) is 6.76. The van der Waals surface area contributed by atoms with E-state index in [1.807, 2.05) is 4.90 Å². The zero-order valence-electron chi connectivity index (χ0n) is 14.4. The summed E-state index contributed by atoms with van der Waals surface area (Å²) in [6.07, 6.45) is 3.13. The van der Waals surface area contributed by atoms with Gasteiger partial charge in [-0.05, 0) is 25.3 Å². The van der Waals surface area contributed by atoms with E-state index in [0.717, 1.165) is 32.4 Å². The molecule has 1 aromatic rings. The first kappa shape index (κ1) is 18.6. The number of piperidine rings is 1. The minimum absolute atomic E-state index is 0.0487. The lowest BCUT2D eigenvalue weighted by atomic mass is 10.1. The molecule has 1 aromatic carbocycles. The second-order valence-corrected chi connectivity index (χ2v) is 8.35. The summed E-state index contributed by atoms with van der Waals surface area (Å²) >= 11 is 0. The Hall–Kier alpha value is -2.20. The van der Waals surface area contributed by atoms with Crippen LogP contribution in [0.5, 0.6) is 0 Å². The van der Waals surface area contributed by atoms with Crippen LogP contribution in [0.15, 0.2) is 29.2 Å². The average Bonchev–Trinajstić information content (AvgIpc) is 2.68. The van der Waals surface area contributed by atoms with Crippen molar-refractivity contribution in [1.82, 2.24) is 14.1 Å². The fourth-order valence-electron chi connectivity index (χ4n) is 3.37. The van der Waals surface area contributed by atoms with Gasteiger partial charge in [-0.15, -0.1) is 0 Å². The Morgan fingerprint density at radius 3 is 2.12 bits per heavy atom. The SMILES string of the molecule is O=C(N1CCCCC1)N1CCN(S(=O)(=O)c2ccccc2[N+](=O)[O-])CC1. The second-order valence-electron chi connectivity index (χ2n) is 6.45. The first-order valence-electron chi connectivity index (χ1n) is 8.68. The third-order valence-electron chi connectivity index (χ3n) is 4.82. The minimum atomic E-state index is -3.97. The van der Waals surface area contributed by atoms with Gasteiger partial charge in [-0.3, -0.25) is 10.1 Å². The molecule has 0 atom stereocenters. The summed E-state index contributed by atoms with van der Waals surface area (Å²) in [5, 5.41) is 11.1. The number of carbonyl (C=O) groups is 1. The maximum Gasteiger partial charge on any atom is 0.320 e. The molecule has 0 unspecified atom stereocenters. The van der Waals surface area contributed by atoms with Gasteiger partial charge in [0.25, 0.3) is 5.69 Å². The number of sulfonamides is 1. The molecule has 2 heterocycles. The van der Waals surface area contributed by atoms with E-state index in [1.165, 1.54) is 28.6 Å². The fraction of sp³-hybridized carbons (Fsp3) is 0.562. The number of nitrogens with zero attached hydrogens (tertiary/aromatic N) is 4. The molecule has 2 aliphatic rings. The van der Waals surface area contributed by atoms with Crippen LogP contribution in [-0.2, 0) is 10.0 Å². The molecule has 0 N–H and O–H groups in total. The number of urea groups is 1. The minimum Gasteiger partial charge on any atom is -0.325 e. The number of benzene rings is 1. The number of amides is 2. The number of hydrogen-bond donors (Lipinski definition) is 0. The van der Waals surface area contributed by atoms with Gasteiger partial charge in [0.1, 0.15) is 0 Å². The largest absolute Gasteiger partial charge is 0.325 e. The molecule has 26 heavy (non-hydrogen) atoms. The fourth-order valence-corrected chi connectivity index (χ4v) is 4.95. The highest BCUT2D eigenvalue weighted by Gasteiger charge is 2.35. The molecule has 0 spiro atoms. The Kier molecular flexibility index (Phi) is 5.42. The molecule has 2 aliphatic heterocycles. The van der Waals surface area contributed by atoms with Gasteiger partial charge in [-0.2, -0.15) is 4.31 Å². The molecule has 0 aliphatic carbocycles.